The molecule has 0 spiro atoms. The molecule has 0 saturated carbocycles. The van der Waals surface area contributed by atoms with Gasteiger partial charge in [0.15, 0.2) is 0 Å². The van der Waals surface area contributed by atoms with Crippen LogP contribution in [0.3, 0.4) is 0 Å². The van der Waals surface area contributed by atoms with Gasteiger partial charge >= 0.3 is 0 Å². The van der Waals surface area contributed by atoms with Crippen LogP contribution in [-0.4, -0.2) is 10.9 Å². The maximum absolute atomic E-state index is 13.1. The van der Waals surface area contributed by atoms with Crippen LogP contribution in [0.2, 0.25) is 0 Å². The molecule has 1 heterocycles. The van der Waals surface area contributed by atoms with E-state index in [9.17, 15) is 9.18 Å². The zero-order chi connectivity index (χ0) is 13.8. The van der Waals surface area contributed by atoms with E-state index in [-0.39, 0.29) is 5.56 Å². The fourth-order valence-electron chi connectivity index (χ4n) is 1.62. The number of aryl methyl sites for hydroxylation is 1. The minimum atomic E-state index is -0.413. The number of benzene rings is 1. The van der Waals surface area contributed by atoms with Crippen LogP contribution >= 0.6 is 0 Å². The van der Waals surface area contributed by atoms with Gasteiger partial charge in [0, 0.05) is 18.1 Å². The number of nitrogens with one attached hydrogen (secondary N) is 2. The number of hydrazine groups is 1. The van der Waals surface area contributed by atoms with Gasteiger partial charge in [-0.3, -0.25) is 15.6 Å². The average Bonchev–Trinajstić information content (AvgIpc) is 2.42. The number of hydrogen-bond donors (Lipinski definition) is 3. The van der Waals surface area contributed by atoms with Crippen molar-refractivity contribution < 1.29 is 9.18 Å². The van der Waals surface area contributed by atoms with Crippen molar-refractivity contribution in [2.24, 2.45) is 5.84 Å². The summed E-state index contributed by atoms with van der Waals surface area (Å²) in [5, 5.41) is 2.63. The minimum absolute atomic E-state index is 0.286. The number of nitrogens with zero attached hydrogens (tertiary/aromatic N) is 1. The molecule has 1 amide bonds. The fraction of sp³-hybridized carbons (Fsp3) is 0.0769. The number of carbonyl (C=O) groups excluding carboxylic acids is 1. The Kier molecular flexibility index (Phi) is 3.72. The molecule has 1 aromatic heterocycles. The summed E-state index contributed by atoms with van der Waals surface area (Å²) in [6.45, 7) is 1.78. The van der Waals surface area contributed by atoms with Gasteiger partial charge in [0.1, 0.15) is 5.82 Å². The number of aromatic nitrogens is 1. The number of rotatable bonds is 3. The monoisotopic (exact) mass is 260 g/mol. The first-order valence-corrected chi connectivity index (χ1v) is 5.60. The van der Waals surface area contributed by atoms with Gasteiger partial charge in [-0.2, -0.15) is 0 Å². The smallest absolute Gasteiger partial charge is 0.259 e. The number of pyridine rings is 1. The summed E-state index contributed by atoms with van der Waals surface area (Å²) in [6, 6.07) is 5.77. The van der Waals surface area contributed by atoms with Gasteiger partial charge in [-0.15, -0.1) is 0 Å². The highest BCUT2D eigenvalue weighted by Gasteiger charge is 2.12. The van der Waals surface area contributed by atoms with E-state index in [2.05, 4.69) is 15.7 Å². The first kappa shape index (κ1) is 13.0. The van der Waals surface area contributed by atoms with Crippen molar-refractivity contribution in [3.8, 4) is 0 Å². The maximum Gasteiger partial charge on any atom is 0.259 e. The molecule has 2 rings (SSSR count). The molecule has 0 fully saturated rings. The second-order valence-corrected chi connectivity index (χ2v) is 3.98. The largest absolute Gasteiger partial charge is 0.323 e. The fourth-order valence-corrected chi connectivity index (χ4v) is 1.62. The van der Waals surface area contributed by atoms with Crippen molar-refractivity contribution in [2.75, 3.05) is 10.7 Å². The molecule has 0 aliphatic carbocycles. The minimum Gasteiger partial charge on any atom is -0.323 e. The van der Waals surface area contributed by atoms with Crippen LogP contribution in [0, 0.1) is 12.7 Å². The predicted octanol–water partition coefficient (Wildman–Crippen LogP) is 2.07. The van der Waals surface area contributed by atoms with Gasteiger partial charge in [0.25, 0.3) is 5.91 Å². The number of nitrogen functional groups attached to an aromatic ring is 1. The topological polar surface area (TPSA) is 80.0 Å². The summed E-state index contributed by atoms with van der Waals surface area (Å²) < 4.78 is 13.1. The zero-order valence-electron chi connectivity index (χ0n) is 10.3. The van der Waals surface area contributed by atoms with Gasteiger partial charge in [0.2, 0.25) is 0 Å². The van der Waals surface area contributed by atoms with Crippen LogP contribution in [0.5, 0.6) is 0 Å². The van der Waals surface area contributed by atoms with E-state index in [0.717, 1.165) is 5.56 Å². The first-order valence-electron chi connectivity index (χ1n) is 5.60. The lowest BCUT2D eigenvalue weighted by Gasteiger charge is -2.10. The molecule has 0 aliphatic heterocycles. The first-order chi connectivity index (χ1) is 9.11. The molecule has 6 heteroatoms. The third-order valence-corrected chi connectivity index (χ3v) is 2.67. The Morgan fingerprint density at radius 1 is 1.32 bits per heavy atom. The van der Waals surface area contributed by atoms with Crippen LogP contribution in [0.25, 0.3) is 0 Å². The van der Waals surface area contributed by atoms with Crippen molar-refractivity contribution in [2.45, 2.75) is 6.92 Å². The molecule has 0 radical (unpaired) electrons. The van der Waals surface area contributed by atoms with Crippen LogP contribution < -0.4 is 16.6 Å². The molecule has 19 heavy (non-hydrogen) atoms. The van der Waals surface area contributed by atoms with Gasteiger partial charge in [0.05, 0.1) is 11.3 Å². The highest BCUT2D eigenvalue weighted by atomic mass is 19.1. The summed E-state index contributed by atoms with van der Waals surface area (Å²) in [5.74, 6) is 4.50. The predicted molar refractivity (Wildman–Crippen MR) is 71.1 cm³/mol. The molecule has 1 aromatic carbocycles. The van der Waals surface area contributed by atoms with Gasteiger partial charge in [-0.1, -0.05) is 6.07 Å². The van der Waals surface area contributed by atoms with Gasteiger partial charge in [-0.05, 0) is 30.7 Å². The molecule has 0 aliphatic rings. The second kappa shape index (κ2) is 5.45. The lowest BCUT2D eigenvalue weighted by atomic mass is 10.1. The third-order valence-electron chi connectivity index (χ3n) is 2.67. The van der Waals surface area contributed by atoms with Gasteiger partial charge < -0.3 is 10.7 Å². The van der Waals surface area contributed by atoms with Crippen molar-refractivity contribution in [1.29, 1.82) is 0 Å². The van der Waals surface area contributed by atoms with Crippen LogP contribution in [0.15, 0.2) is 36.7 Å². The number of carbonyl (C=O) groups is 1. The molecule has 0 atom stereocenters. The van der Waals surface area contributed by atoms with E-state index in [1.54, 1.807) is 19.1 Å². The zero-order valence-corrected chi connectivity index (χ0v) is 10.3. The molecule has 4 N–H and O–H groups in total. The number of nitrogens with two attached hydrogens (primary N) is 1. The van der Waals surface area contributed by atoms with Crippen LogP contribution in [-0.2, 0) is 0 Å². The molecular weight excluding hydrogens is 247 g/mol. The number of amides is 1. The van der Waals surface area contributed by atoms with Crippen molar-refractivity contribution in [3.63, 3.8) is 0 Å². The summed E-state index contributed by atoms with van der Waals surface area (Å²) >= 11 is 0. The Hall–Kier alpha value is -2.47. The quantitative estimate of drug-likeness (QED) is 0.583. The van der Waals surface area contributed by atoms with Crippen molar-refractivity contribution in [3.05, 3.63) is 53.6 Å². The Labute approximate surface area is 109 Å². The molecule has 98 valence electrons. The number of anilines is 2. The van der Waals surface area contributed by atoms with E-state index >= 15 is 0 Å². The lowest BCUT2D eigenvalue weighted by molar-refractivity contribution is 0.102. The highest BCUT2D eigenvalue weighted by Crippen LogP contribution is 2.19. The van der Waals surface area contributed by atoms with Crippen molar-refractivity contribution >= 4 is 17.3 Å². The molecular formula is C13H13FN4O. The number of hydrogen-bond acceptors (Lipinski definition) is 4. The summed E-state index contributed by atoms with van der Waals surface area (Å²) in [6.07, 6.45) is 2.90. The van der Waals surface area contributed by atoms with Gasteiger partial charge in [-0.25, -0.2) is 4.39 Å². The van der Waals surface area contributed by atoms with Crippen LogP contribution in [0.1, 0.15) is 15.9 Å². The SMILES string of the molecule is Cc1ccc(F)cc1NC(=O)c1cnccc1NN. The normalized spacial score (nSPS) is 10.1. The van der Waals surface area contributed by atoms with Crippen molar-refractivity contribution in [1.82, 2.24) is 4.98 Å². The Bertz CT molecular complexity index is 615. The Balaban J connectivity index is 2.28. The standard InChI is InChI=1S/C13H13FN4O/c1-8-2-3-9(14)6-12(8)17-13(19)10-7-16-5-4-11(10)18-15/h2-7H,15H2,1H3,(H,16,18)(H,17,19). The number of halogens is 1. The van der Waals surface area contributed by atoms with E-state index in [0.29, 0.717) is 11.4 Å². The summed E-state index contributed by atoms with van der Waals surface area (Å²) in [5.41, 5.74) is 4.32. The summed E-state index contributed by atoms with van der Waals surface area (Å²) in [4.78, 5) is 16.0. The maximum atomic E-state index is 13.1. The van der Waals surface area contributed by atoms with E-state index in [4.69, 9.17) is 5.84 Å². The molecule has 5 nitrogen and oxygen atoms in total. The Morgan fingerprint density at radius 2 is 2.11 bits per heavy atom. The van der Waals surface area contributed by atoms with E-state index in [1.807, 2.05) is 0 Å². The highest BCUT2D eigenvalue weighted by molar-refractivity contribution is 6.08. The Morgan fingerprint density at radius 3 is 2.84 bits per heavy atom. The molecule has 2 aromatic rings. The van der Waals surface area contributed by atoms with Crippen LogP contribution in [0.4, 0.5) is 15.8 Å². The van der Waals surface area contributed by atoms with E-state index < -0.39 is 11.7 Å². The molecule has 0 bridgehead atoms. The average molecular weight is 260 g/mol. The third kappa shape index (κ3) is 2.86. The second-order valence-electron chi connectivity index (χ2n) is 3.98. The summed E-state index contributed by atoms with van der Waals surface area (Å²) in [7, 11) is 0. The molecule has 0 saturated heterocycles. The molecule has 0 unspecified atom stereocenters. The van der Waals surface area contributed by atoms with E-state index in [1.165, 1.54) is 24.5 Å². The lowest BCUT2D eigenvalue weighted by Crippen LogP contribution is -2.18.